The molecule has 1 atom stereocenters. The number of rotatable bonds is 3. The summed E-state index contributed by atoms with van der Waals surface area (Å²) in [5.74, 6) is 0.967. The van der Waals surface area contributed by atoms with Gasteiger partial charge in [0.1, 0.15) is 5.70 Å². The number of ether oxygens (including phenoxy) is 1. The molecule has 0 fully saturated rings. The number of methoxy groups -OCH3 is 1. The van der Waals surface area contributed by atoms with E-state index < -0.39 is 6.17 Å². The summed E-state index contributed by atoms with van der Waals surface area (Å²) in [4.78, 5) is 17.9. The lowest BCUT2D eigenvalue weighted by Crippen LogP contribution is -2.50. The largest absolute Gasteiger partial charge is 0.504 e. The first-order valence-corrected chi connectivity index (χ1v) is 11.5. The van der Waals surface area contributed by atoms with E-state index in [1.165, 1.54) is 18.9 Å². The lowest BCUT2D eigenvalue weighted by Gasteiger charge is -2.34. The van der Waals surface area contributed by atoms with Crippen LogP contribution in [0, 0.1) is 3.57 Å². The molecule has 2 aliphatic rings. The summed E-state index contributed by atoms with van der Waals surface area (Å²) >= 11 is 6.97. The number of fused-ring (bicyclic) bond motifs is 2. The molecule has 2 heterocycles. The summed E-state index contributed by atoms with van der Waals surface area (Å²) in [6, 6.07) is 9.17. The van der Waals surface area contributed by atoms with Crippen molar-refractivity contribution in [3.8, 4) is 11.5 Å². The van der Waals surface area contributed by atoms with Gasteiger partial charge < -0.3 is 9.84 Å². The van der Waals surface area contributed by atoms with Crippen molar-refractivity contribution in [2.45, 2.75) is 13.1 Å². The van der Waals surface area contributed by atoms with Crippen molar-refractivity contribution in [2.24, 2.45) is 10.1 Å². The molecule has 0 bridgehead atoms. The Morgan fingerprint density at radius 1 is 1.38 bits per heavy atom. The minimum atomic E-state index is -0.569. The standard InChI is InChI=1S/C19H16BrIN4O3S/c1-3-29-19-23-18(27)15-11-8-10(20)4-5-13(11)22-17(25(15)24-19)9-6-12(21)16(26)14(7-9)28-2/h4-8,17,26H,3H2,1-2H3,(H,23,24,27). The molecule has 0 aliphatic carbocycles. The fourth-order valence-corrected chi connectivity index (χ4v) is 4.74. The van der Waals surface area contributed by atoms with E-state index in [0.29, 0.717) is 30.8 Å². The number of nitrogens with zero attached hydrogens (tertiary/aromatic N) is 3. The second-order valence-corrected chi connectivity index (χ2v) is 9.53. The van der Waals surface area contributed by atoms with Gasteiger partial charge in [0.15, 0.2) is 22.8 Å². The topological polar surface area (TPSA) is 86.5 Å². The summed E-state index contributed by atoms with van der Waals surface area (Å²) in [6.45, 7) is 2.00. The zero-order chi connectivity index (χ0) is 20.7. The Morgan fingerprint density at radius 3 is 2.90 bits per heavy atom. The van der Waals surface area contributed by atoms with Crippen molar-refractivity contribution >= 4 is 67.1 Å². The second-order valence-electron chi connectivity index (χ2n) is 6.20. The summed E-state index contributed by atoms with van der Waals surface area (Å²) < 4.78 is 6.79. The van der Waals surface area contributed by atoms with Gasteiger partial charge in [-0.2, -0.15) is 0 Å². The van der Waals surface area contributed by atoms with Gasteiger partial charge in [0, 0.05) is 15.3 Å². The van der Waals surface area contributed by atoms with E-state index in [1.54, 1.807) is 11.1 Å². The van der Waals surface area contributed by atoms with Gasteiger partial charge in [0.05, 0.1) is 16.0 Å². The number of carbonyl (C=O) groups is 1. The summed E-state index contributed by atoms with van der Waals surface area (Å²) in [5, 5.41) is 21.3. The molecule has 10 heteroatoms. The number of halogens is 2. The van der Waals surface area contributed by atoms with Gasteiger partial charge in [-0.05, 0) is 58.7 Å². The molecule has 4 rings (SSSR count). The lowest BCUT2D eigenvalue weighted by atomic mass is 10.1. The van der Waals surface area contributed by atoms with Crippen LogP contribution < -0.4 is 20.6 Å². The van der Waals surface area contributed by atoms with Gasteiger partial charge in [0.2, 0.25) is 0 Å². The third-order valence-corrected chi connectivity index (χ3v) is 6.48. The Labute approximate surface area is 193 Å². The number of hydrazone groups is 1. The molecule has 0 saturated heterocycles. The molecule has 2 aromatic rings. The van der Waals surface area contributed by atoms with E-state index >= 15 is 0 Å². The van der Waals surface area contributed by atoms with Crippen molar-refractivity contribution in [2.75, 3.05) is 12.9 Å². The zero-order valence-corrected chi connectivity index (χ0v) is 20.0. The van der Waals surface area contributed by atoms with Crippen LogP contribution in [0.1, 0.15) is 18.7 Å². The van der Waals surface area contributed by atoms with E-state index in [0.717, 1.165) is 15.8 Å². The van der Waals surface area contributed by atoms with E-state index in [-0.39, 0.29) is 11.7 Å². The van der Waals surface area contributed by atoms with Crippen LogP contribution in [-0.2, 0) is 4.79 Å². The molecule has 0 spiro atoms. The Balaban J connectivity index is 1.98. The number of hydrogen-bond acceptors (Lipinski definition) is 7. The molecular weight excluding hydrogens is 571 g/mol. The number of hydrogen-bond donors (Lipinski definition) is 2. The predicted molar refractivity (Wildman–Crippen MR) is 124 cm³/mol. The Morgan fingerprint density at radius 2 is 2.17 bits per heavy atom. The van der Waals surface area contributed by atoms with E-state index in [2.05, 4.69) is 26.3 Å². The minimum Gasteiger partial charge on any atom is -0.504 e. The number of aromatic hydroxyl groups is 1. The maximum atomic E-state index is 13.0. The predicted octanol–water partition coefficient (Wildman–Crippen LogP) is 2.66. The van der Waals surface area contributed by atoms with Crippen LogP contribution in [0.2, 0.25) is 0 Å². The third-order valence-electron chi connectivity index (χ3n) is 4.42. The highest BCUT2D eigenvalue weighted by Gasteiger charge is 2.35. The highest BCUT2D eigenvalue weighted by Crippen LogP contribution is 2.38. The van der Waals surface area contributed by atoms with E-state index in [1.807, 2.05) is 53.8 Å². The maximum absolute atomic E-state index is 13.0. The number of phenolic OH excluding ortho intramolecular Hbond substituents is 1. The van der Waals surface area contributed by atoms with Crippen LogP contribution in [0.5, 0.6) is 11.5 Å². The highest BCUT2D eigenvalue weighted by molar-refractivity contribution is 14.1. The van der Waals surface area contributed by atoms with Crippen LogP contribution in [0.4, 0.5) is 0 Å². The van der Waals surface area contributed by atoms with Gasteiger partial charge in [-0.15, -0.1) is 5.10 Å². The fraction of sp³-hybridized carbons (Fsp3) is 0.211. The molecule has 0 radical (unpaired) electrons. The zero-order valence-electron chi connectivity index (χ0n) is 15.4. The summed E-state index contributed by atoms with van der Waals surface area (Å²) in [5.41, 5.74) is 1.19. The molecule has 2 aromatic carbocycles. The molecule has 1 amide bonds. The Kier molecular flexibility index (Phi) is 5.76. The first-order chi connectivity index (χ1) is 13.9. The normalized spacial score (nSPS) is 17.7. The smallest absolute Gasteiger partial charge is 0.276 e. The molecule has 0 aromatic heterocycles. The molecule has 2 aliphatic heterocycles. The van der Waals surface area contributed by atoms with Gasteiger partial charge in [-0.1, -0.05) is 34.6 Å². The number of phenols is 1. The highest BCUT2D eigenvalue weighted by atomic mass is 127. The van der Waals surface area contributed by atoms with Crippen molar-refractivity contribution in [3.63, 3.8) is 0 Å². The quantitative estimate of drug-likeness (QED) is 0.540. The number of benzene rings is 2. The van der Waals surface area contributed by atoms with Gasteiger partial charge in [-0.25, -0.2) is 5.01 Å². The van der Waals surface area contributed by atoms with Gasteiger partial charge in [0.25, 0.3) is 5.91 Å². The van der Waals surface area contributed by atoms with Crippen molar-refractivity contribution < 1.29 is 14.6 Å². The number of amides is 1. The summed E-state index contributed by atoms with van der Waals surface area (Å²) in [6.07, 6.45) is -0.569. The molecule has 1 unspecified atom stereocenters. The molecule has 150 valence electrons. The van der Waals surface area contributed by atoms with Gasteiger partial charge in [-0.3, -0.25) is 15.1 Å². The molecular formula is C19H16BrIN4O3S. The number of amidine groups is 1. The average Bonchev–Trinajstić information content (AvgIpc) is 2.69. The van der Waals surface area contributed by atoms with Crippen molar-refractivity contribution in [1.29, 1.82) is 0 Å². The molecule has 29 heavy (non-hydrogen) atoms. The first kappa shape index (κ1) is 20.5. The third kappa shape index (κ3) is 3.73. The van der Waals surface area contributed by atoms with Crippen LogP contribution in [0.3, 0.4) is 0 Å². The lowest BCUT2D eigenvalue weighted by molar-refractivity contribution is -0.116. The maximum Gasteiger partial charge on any atom is 0.276 e. The molecule has 0 saturated carbocycles. The van der Waals surface area contributed by atoms with E-state index in [9.17, 15) is 9.90 Å². The van der Waals surface area contributed by atoms with E-state index in [4.69, 9.17) is 9.73 Å². The molecule has 2 N–H and O–H groups in total. The van der Waals surface area contributed by atoms with Crippen LogP contribution in [0.15, 0.2) is 44.9 Å². The van der Waals surface area contributed by atoms with Crippen molar-refractivity contribution in [3.05, 3.63) is 54.5 Å². The summed E-state index contributed by atoms with van der Waals surface area (Å²) in [7, 11) is 1.50. The van der Waals surface area contributed by atoms with Crippen LogP contribution >= 0.6 is 50.3 Å². The van der Waals surface area contributed by atoms with Crippen LogP contribution in [-0.4, -0.2) is 34.1 Å². The SMILES string of the molecule is CCSC1=NN2C(=c3cc(Br)ccc3=NC2c2cc(I)c(O)c(OC)c2)C(=O)N1. The fourth-order valence-electron chi connectivity index (χ4n) is 3.17. The van der Waals surface area contributed by atoms with Crippen LogP contribution in [0.25, 0.3) is 5.70 Å². The average molecular weight is 587 g/mol. The number of carbonyl (C=O) groups excluding carboxylic acids is 1. The monoisotopic (exact) mass is 586 g/mol. The Hall–Kier alpha value is -1.79. The number of nitrogens with one attached hydrogen (secondary N) is 1. The minimum absolute atomic E-state index is 0.0725. The Bertz CT molecular complexity index is 1170. The van der Waals surface area contributed by atoms with Gasteiger partial charge >= 0.3 is 0 Å². The molecule has 7 nitrogen and oxygen atoms in total. The first-order valence-electron chi connectivity index (χ1n) is 8.69. The van der Waals surface area contributed by atoms with Crippen molar-refractivity contribution in [1.82, 2.24) is 10.3 Å². The second kappa shape index (κ2) is 8.15. The number of thioether (sulfide) groups is 1.